The molecule has 7 nitrogen and oxygen atoms in total. The second-order valence-electron chi connectivity index (χ2n) is 6.71. The smallest absolute Gasteiger partial charge is 0.245 e. The summed E-state index contributed by atoms with van der Waals surface area (Å²) in [6.45, 7) is -0.202. The molecule has 0 saturated carbocycles. The summed E-state index contributed by atoms with van der Waals surface area (Å²) in [5, 5.41) is 2.75. The lowest BCUT2D eigenvalue weighted by atomic mass is 10.0. The highest BCUT2D eigenvalue weighted by atomic mass is 32.2. The standard InChI is InChI=1S/C19H19N3O4S/c1-21-18(24)12-22(19(21)13-5-3-2-4-6-13)27(25,26)15-8-9-16-14(11-15)7-10-17(23)20-16/h2-6,8-9,11,19H,7,10,12H2,1H3,(H,20,23). The van der Waals surface area contributed by atoms with Gasteiger partial charge in [0.1, 0.15) is 6.17 Å². The average Bonchev–Trinajstić information content (AvgIpc) is 2.97. The summed E-state index contributed by atoms with van der Waals surface area (Å²) in [7, 11) is -2.28. The van der Waals surface area contributed by atoms with Crippen LogP contribution in [0.5, 0.6) is 0 Å². The number of rotatable bonds is 3. The van der Waals surface area contributed by atoms with Crippen molar-refractivity contribution in [3.8, 4) is 0 Å². The van der Waals surface area contributed by atoms with Crippen LogP contribution in [0.15, 0.2) is 53.4 Å². The summed E-state index contributed by atoms with van der Waals surface area (Å²) < 4.78 is 27.9. The van der Waals surface area contributed by atoms with Crippen LogP contribution < -0.4 is 5.32 Å². The van der Waals surface area contributed by atoms with Crippen LogP contribution in [0.3, 0.4) is 0 Å². The van der Waals surface area contributed by atoms with Gasteiger partial charge in [-0.25, -0.2) is 8.42 Å². The fourth-order valence-corrected chi connectivity index (χ4v) is 5.16. The summed E-state index contributed by atoms with van der Waals surface area (Å²) >= 11 is 0. The van der Waals surface area contributed by atoms with E-state index < -0.39 is 16.2 Å². The monoisotopic (exact) mass is 385 g/mol. The zero-order chi connectivity index (χ0) is 19.2. The van der Waals surface area contributed by atoms with Crippen molar-refractivity contribution in [2.75, 3.05) is 18.9 Å². The van der Waals surface area contributed by atoms with Gasteiger partial charge in [0.25, 0.3) is 0 Å². The van der Waals surface area contributed by atoms with E-state index in [2.05, 4.69) is 5.32 Å². The van der Waals surface area contributed by atoms with E-state index in [-0.39, 0.29) is 23.3 Å². The highest BCUT2D eigenvalue weighted by molar-refractivity contribution is 7.89. The van der Waals surface area contributed by atoms with Gasteiger partial charge in [-0.1, -0.05) is 30.3 Å². The number of benzene rings is 2. The molecule has 2 heterocycles. The molecule has 0 aromatic heterocycles. The van der Waals surface area contributed by atoms with E-state index >= 15 is 0 Å². The number of aryl methyl sites for hydroxylation is 1. The number of nitrogens with one attached hydrogen (secondary N) is 1. The van der Waals surface area contributed by atoms with Crippen molar-refractivity contribution in [2.24, 2.45) is 0 Å². The van der Waals surface area contributed by atoms with Crippen LogP contribution in [-0.2, 0) is 26.0 Å². The lowest BCUT2D eigenvalue weighted by Crippen LogP contribution is -2.34. The molecule has 0 spiro atoms. The number of likely N-dealkylation sites (N-methyl/N-ethyl adjacent to an activating group) is 1. The van der Waals surface area contributed by atoms with Crippen LogP contribution in [0.25, 0.3) is 0 Å². The molecule has 2 amide bonds. The molecule has 2 aliphatic rings. The minimum atomic E-state index is -3.89. The summed E-state index contributed by atoms with van der Waals surface area (Å²) in [6, 6.07) is 13.8. The number of hydrogen-bond donors (Lipinski definition) is 1. The second-order valence-corrected chi connectivity index (χ2v) is 8.60. The number of carbonyl (C=O) groups excluding carboxylic acids is 2. The van der Waals surface area contributed by atoms with E-state index in [1.807, 2.05) is 30.3 Å². The fourth-order valence-electron chi connectivity index (χ4n) is 3.55. The Hall–Kier alpha value is -2.71. The van der Waals surface area contributed by atoms with E-state index in [1.165, 1.54) is 15.3 Å². The SMILES string of the molecule is CN1C(=O)CN(S(=O)(=O)c2ccc3c(c2)CCC(=O)N3)C1c1ccccc1. The molecule has 2 aliphatic heterocycles. The van der Waals surface area contributed by atoms with Gasteiger partial charge >= 0.3 is 0 Å². The summed E-state index contributed by atoms with van der Waals surface area (Å²) in [5.74, 6) is -0.327. The zero-order valence-corrected chi connectivity index (χ0v) is 15.6. The zero-order valence-electron chi connectivity index (χ0n) is 14.8. The summed E-state index contributed by atoms with van der Waals surface area (Å²) in [6.07, 6.45) is 0.138. The number of carbonyl (C=O) groups is 2. The molecule has 1 saturated heterocycles. The van der Waals surface area contributed by atoms with Gasteiger partial charge in [-0.05, 0) is 35.7 Å². The van der Waals surface area contributed by atoms with E-state index in [9.17, 15) is 18.0 Å². The van der Waals surface area contributed by atoms with Crippen molar-refractivity contribution in [2.45, 2.75) is 23.9 Å². The van der Waals surface area contributed by atoms with Crippen LogP contribution in [0.4, 0.5) is 5.69 Å². The number of fused-ring (bicyclic) bond motifs is 1. The third-order valence-electron chi connectivity index (χ3n) is 5.00. The molecule has 2 aromatic carbocycles. The quantitative estimate of drug-likeness (QED) is 0.872. The Kier molecular flexibility index (Phi) is 4.24. The van der Waals surface area contributed by atoms with Crippen molar-refractivity contribution in [3.63, 3.8) is 0 Å². The Balaban J connectivity index is 1.74. The minimum Gasteiger partial charge on any atom is -0.326 e. The predicted molar refractivity (Wildman–Crippen MR) is 99.2 cm³/mol. The van der Waals surface area contributed by atoms with Crippen molar-refractivity contribution >= 4 is 27.5 Å². The molecule has 0 radical (unpaired) electrons. The maximum Gasteiger partial charge on any atom is 0.245 e. The van der Waals surface area contributed by atoms with Gasteiger partial charge in [0.15, 0.2) is 0 Å². The van der Waals surface area contributed by atoms with Crippen molar-refractivity contribution in [1.29, 1.82) is 0 Å². The number of hydrogen-bond acceptors (Lipinski definition) is 4. The first kappa shape index (κ1) is 17.7. The van der Waals surface area contributed by atoms with Gasteiger partial charge in [-0.15, -0.1) is 0 Å². The molecular weight excluding hydrogens is 366 g/mol. The van der Waals surface area contributed by atoms with Gasteiger partial charge in [-0.3, -0.25) is 9.59 Å². The first-order valence-electron chi connectivity index (χ1n) is 8.63. The van der Waals surface area contributed by atoms with Crippen LogP contribution in [0.1, 0.15) is 23.7 Å². The molecule has 27 heavy (non-hydrogen) atoms. The van der Waals surface area contributed by atoms with Crippen LogP contribution in [-0.4, -0.2) is 43.0 Å². The first-order valence-corrected chi connectivity index (χ1v) is 10.1. The molecule has 1 unspecified atom stereocenters. The van der Waals surface area contributed by atoms with Gasteiger partial charge in [-0.2, -0.15) is 4.31 Å². The van der Waals surface area contributed by atoms with Crippen LogP contribution in [0.2, 0.25) is 0 Å². The van der Waals surface area contributed by atoms with Crippen molar-refractivity contribution in [3.05, 3.63) is 59.7 Å². The molecule has 2 aromatic rings. The summed E-state index contributed by atoms with van der Waals surface area (Å²) in [5.41, 5.74) is 2.16. The van der Waals surface area contributed by atoms with Gasteiger partial charge in [0, 0.05) is 19.2 Å². The number of amides is 2. The Morgan fingerprint density at radius 1 is 1.04 bits per heavy atom. The maximum atomic E-state index is 13.3. The topological polar surface area (TPSA) is 86.8 Å². The molecule has 140 valence electrons. The second kappa shape index (κ2) is 6.47. The molecule has 0 aliphatic carbocycles. The molecule has 8 heteroatoms. The predicted octanol–water partition coefficient (Wildman–Crippen LogP) is 1.73. The van der Waals surface area contributed by atoms with Crippen LogP contribution in [0, 0.1) is 0 Å². The highest BCUT2D eigenvalue weighted by Crippen LogP contribution is 2.35. The third-order valence-corrected chi connectivity index (χ3v) is 6.80. The van der Waals surface area contributed by atoms with E-state index in [1.54, 1.807) is 19.2 Å². The van der Waals surface area contributed by atoms with Crippen molar-refractivity contribution in [1.82, 2.24) is 9.21 Å². The molecule has 0 bridgehead atoms. The maximum absolute atomic E-state index is 13.3. The van der Waals surface area contributed by atoms with Crippen molar-refractivity contribution < 1.29 is 18.0 Å². The third kappa shape index (κ3) is 3.00. The van der Waals surface area contributed by atoms with E-state index in [0.717, 1.165) is 11.1 Å². The lowest BCUT2D eigenvalue weighted by Gasteiger charge is -2.28. The highest BCUT2D eigenvalue weighted by Gasteiger charge is 2.44. The minimum absolute atomic E-state index is 0.0750. The Morgan fingerprint density at radius 3 is 2.52 bits per heavy atom. The van der Waals surface area contributed by atoms with Gasteiger partial charge in [0.05, 0.1) is 11.4 Å². The normalized spacial score (nSPS) is 20.5. The average molecular weight is 385 g/mol. The Morgan fingerprint density at radius 2 is 1.78 bits per heavy atom. The van der Waals surface area contributed by atoms with Gasteiger partial charge in [0.2, 0.25) is 21.8 Å². The number of anilines is 1. The van der Waals surface area contributed by atoms with E-state index in [0.29, 0.717) is 18.5 Å². The Labute approximate surface area is 157 Å². The van der Waals surface area contributed by atoms with E-state index in [4.69, 9.17) is 0 Å². The molecule has 1 atom stereocenters. The first-order chi connectivity index (χ1) is 12.9. The Bertz CT molecular complexity index is 1020. The number of nitrogens with zero attached hydrogens (tertiary/aromatic N) is 2. The summed E-state index contributed by atoms with van der Waals surface area (Å²) in [4.78, 5) is 25.4. The molecule has 1 N–H and O–H groups in total. The van der Waals surface area contributed by atoms with Gasteiger partial charge < -0.3 is 10.2 Å². The lowest BCUT2D eigenvalue weighted by molar-refractivity contribution is -0.126. The molecular formula is C19H19N3O4S. The largest absolute Gasteiger partial charge is 0.326 e. The fraction of sp³-hybridized carbons (Fsp3) is 0.263. The molecule has 4 rings (SSSR count). The molecule has 1 fully saturated rings. The van der Waals surface area contributed by atoms with Crippen LogP contribution >= 0.6 is 0 Å². The number of sulfonamides is 1.